The minimum absolute atomic E-state index is 0.293. The van der Waals surface area contributed by atoms with Gasteiger partial charge in [-0.15, -0.1) is 0 Å². The van der Waals surface area contributed by atoms with Crippen LogP contribution >= 0.6 is 23.2 Å². The highest BCUT2D eigenvalue weighted by molar-refractivity contribution is 6.35. The van der Waals surface area contributed by atoms with Crippen LogP contribution in [0.4, 0.5) is 5.69 Å². The molecule has 24 heavy (non-hydrogen) atoms. The monoisotopic (exact) mass is 359 g/mol. The summed E-state index contributed by atoms with van der Waals surface area (Å²) >= 11 is 12.0. The number of amides is 1. The van der Waals surface area contributed by atoms with Gasteiger partial charge in [-0.3, -0.25) is 4.79 Å². The number of anilines is 1. The van der Waals surface area contributed by atoms with E-state index in [4.69, 9.17) is 27.6 Å². The molecule has 3 rings (SSSR count). The zero-order chi connectivity index (χ0) is 17.3. The fourth-order valence-electron chi connectivity index (χ4n) is 2.35. The van der Waals surface area contributed by atoms with Crippen molar-refractivity contribution < 1.29 is 9.21 Å². The summed E-state index contributed by atoms with van der Waals surface area (Å²) in [7, 11) is 0. The van der Waals surface area contributed by atoms with Crippen molar-refractivity contribution in [1.29, 1.82) is 0 Å². The van der Waals surface area contributed by atoms with E-state index in [1.807, 2.05) is 31.2 Å². The molecular formula is C19H15Cl2NO2. The van der Waals surface area contributed by atoms with E-state index in [1.165, 1.54) is 0 Å². The summed E-state index contributed by atoms with van der Waals surface area (Å²) < 4.78 is 5.73. The lowest BCUT2D eigenvalue weighted by atomic mass is 10.1. The zero-order valence-corrected chi connectivity index (χ0v) is 14.7. The highest BCUT2D eigenvalue weighted by Crippen LogP contribution is 2.29. The molecule has 0 aliphatic carbocycles. The van der Waals surface area contributed by atoms with Crippen molar-refractivity contribution in [1.82, 2.24) is 0 Å². The van der Waals surface area contributed by atoms with E-state index in [9.17, 15) is 4.79 Å². The van der Waals surface area contributed by atoms with Crippen molar-refractivity contribution in [3.05, 3.63) is 75.5 Å². The number of hydrogen-bond acceptors (Lipinski definition) is 2. The maximum atomic E-state index is 12.5. The van der Waals surface area contributed by atoms with Gasteiger partial charge in [0.25, 0.3) is 5.91 Å². The molecule has 0 radical (unpaired) electrons. The van der Waals surface area contributed by atoms with Gasteiger partial charge in [-0.2, -0.15) is 0 Å². The summed E-state index contributed by atoms with van der Waals surface area (Å²) in [6, 6.07) is 14.6. The smallest absolute Gasteiger partial charge is 0.259 e. The number of nitrogens with one attached hydrogen (secondary N) is 1. The van der Waals surface area contributed by atoms with Crippen molar-refractivity contribution in [2.24, 2.45) is 0 Å². The Balaban J connectivity index is 1.88. The van der Waals surface area contributed by atoms with Crippen molar-refractivity contribution in [3.63, 3.8) is 0 Å². The number of hydrogen-bond donors (Lipinski definition) is 1. The Morgan fingerprint density at radius 2 is 1.71 bits per heavy atom. The summed E-state index contributed by atoms with van der Waals surface area (Å²) in [5, 5.41) is 3.69. The van der Waals surface area contributed by atoms with Crippen LogP contribution < -0.4 is 5.32 Å². The topological polar surface area (TPSA) is 42.2 Å². The minimum atomic E-state index is -0.293. The lowest BCUT2D eigenvalue weighted by Gasteiger charge is -2.06. The van der Waals surface area contributed by atoms with Crippen molar-refractivity contribution >= 4 is 34.8 Å². The molecule has 0 aliphatic heterocycles. The van der Waals surface area contributed by atoms with Gasteiger partial charge in [0.05, 0.1) is 16.3 Å². The second-order valence-corrected chi connectivity index (χ2v) is 6.37. The van der Waals surface area contributed by atoms with E-state index in [2.05, 4.69) is 5.32 Å². The second-order valence-electron chi connectivity index (χ2n) is 5.52. The number of halogens is 2. The first-order valence-electron chi connectivity index (χ1n) is 7.38. The van der Waals surface area contributed by atoms with Crippen LogP contribution in [0.5, 0.6) is 0 Å². The largest absolute Gasteiger partial charge is 0.461 e. The number of rotatable bonds is 3. The molecule has 3 nitrogen and oxygen atoms in total. The maximum Gasteiger partial charge on any atom is 0.259 e. The molecule has 1 heterocycles. The fraction of sp³-hybridized carbons (Fsp3) is 0.105. The first-order chi connectivity index (χ1) is 11.4. The van der Waals surface area contributed by atoms with Crippen molar-refractivity contribution in [3.8, 4) is 11.3 Å². The standard InChI is InChI=1S/C19H15Cl2NO2/c1-11-3-5-13(6-4-11)18-10-15(12(2)24-18)19(23)22-17-9-14(20)7-8-16(17)21/h3-10H,1-2H3,(H,22,23). The van der Waals surface area contributed by atoms with Crippen LogP contribution in [0.2, 0.25) is 10.0 Å². The summed E-state index contributed by atoms with van der Waals surface area (Å²) in [5.41, 5.74) is 3.01. The average Bonchev–Trinajstić information content (AvgIpc) is 2.93. The van der Waals surface area contributed by atoms with Crippen molar-refractivity contribution in [2.75, 3.05) is 5.32 Å². The molecule has 2 aromatic carbocycles. The predicted octanol–water partition coefficient (Wildman–Crippen LogP) is 6.12. The van der Waals surface area contributed by atoms with Crippen LogP contribution in [0.1, 0.15) is 21.7 Å². The molecule has 0 fully saturated rings. The van der Waals surface area contributed by atoms with Gasteiger partial charge in [0, 0.05) is 10.6 Å². The molecule has 122 valence electrons. The molecule has 0 saturated heterocycles. The number of carbonyl (C=O) groups is 1. The summed E-state index contributed by atoms with van der Waals surface area (Å²) in [4.78, 5) is 12.5. The van der Waals surface area contributed by atoms with Crippen LogP contribution in [0.3, 0.4) is 0 Å². The van der Waals surface area contributed by atoms with Gasteiger partial charge in [0.2, 0.25) is 0 Å². The molecule has 0 spiro atoms. The van der Waals surface area contributed by atoms with E-state index >= 15 is 0 Å². The Morgan fingerprint density at radius 3 is 2.42 bits per heavy atom. The Bertz CT molecular complexity index is 898. The van der Waals surface area contributed by atoms with Gasteiger partial charge in [-0.1, -0.05) is 53.0 Å². The molecule has 5 heteroatoms. The second kappa shape index (κ2) is 6.71. The van der Waals surface area contributed by atoms with Crippen molar-refractivity contribution in [2.45, 2.75) is 13.8 Å². The van der Waals surface area contributed by atoms with Crippen LogP contribution in [-0.4, -0.2) is 5.91 Å². The Labute approximate surface area is 150 Å². The van der Waals surface area contributed by atoms with E-state index in [-0.39, 0.29) is 5.91 Å². The van der Waals surface area contributed by atoms with Gasteiger partial charge in [0.1, 0.15) is 11.5 Å². The SMILES string of the molecule is Cc1ccc(-c2cc(C(=O)Nc3cc(Cl)ccc3Cl)c(C)o2)cc1. The fourth-order valence-corrected chi connectivity index (χ4v) is 2.69. The summed E-state index contributed by atoms with van der Waals surface area (Å²) in [6.45, 7) is 3.77. The van der Waals surface area contributed by atoms with Gasteiger partial charge < -0.3 is 9.73 Å². The zero-order valence-electron chi connectivity index (χ0n) is 13.2. The molecule has 1 N–H and O–H groups in total. The lowest BCUT2D eigenvalue weighted by molar-refractivity contribution is 0.102. The third kappa shape index (κ3) is 3.48. The van der Waals surface area contributed by atoms with Crippen LogP contribution in [0, 0.1) is 13.8 Å². The summed E-state index contributed by atoms with van der Waals surface area (Å²) in [6.07, 6.45) is 0. The molecular weight excluding hydrogens is 345 g/mol. The molecule has 1 aromatic heterocycles. The number of benzene rings is 2. The number of aryl methyl sites for hydroxylation is 2. The minimum Gasteiger partial charge on any atom is -0.461 e. The molecule has 0 unspecified atom stereocenters. The highest BCUT2D eigenvalue weighted by atomic mass is 35.5. The summed E-state index contributed by atoms with van der Waals surface area (Å²) in [5.74, 6) is 0.898. The maximum absolute atomic E-state index is 12.5. The molecule has 0 aliphatic rings. The van der Waals surface area contributed by atoms with Gasteiger partial charge >= 0.3 is 0 Å². The van der Waals surface area contributed by atoms with Crippen LogP contribution in [0.15, 0.2) is 52.9 Å². The van der Waals surface area contributed by atoms with E-state index < -0.39 is 0 Å². The molecule has 0 atom stereocenters. The van der Waals surface area contributed by atoms with Gasteiger partial charge in [-0.25, -0.2) is 0 Å². The number of carbonyl (C=O) groups excluding carboxylic acids is 1. The van der Waals surface area contributed by atoms with E-state index in [0.29, 0.717) is 32.8 Å². The first-order valence-corrected chi connectivity index (χ1v) is 8.13. The number of furan rings is 1. The Kier molecular flexibility index (Phi) is 4.65. The first kappa shape index (κ1) is 16.6. The van der Waals surface area contributed by atoms with E-state index in [1.54, 1.807) is 31.2 Å². The van der Waals surface area contributed by atoms with Crippen LogP contribution in [-0.2, 0) is 0 Å². The molecule has 0 saturated carbocycles. The Morgan fingerprint density at radius 1 is 1.00 bits per heavy atom. The lowest BCUT2D eigenvalue weighted by Crippen LogP contribution is -2.12. The predicted molar refractivity (Wildman–Crippen MR) is 98.0 cm³/mol. The normalized spacial score (nSPS) is 10.7. The molecule has 1 amide bonds. The molecule has 3 aromatic rings. The quantitative estimate of drug-likeness (QED) is 0.611. The van der Waals surface area contributed by atoms with Gasteiger partial charge in [-0.05, 0) is 38.1 Å². The van der Waals surface area contributed by atoms with Crippen LogP contribution in [0.25, 0.3) is 11.3 Å². The third-order valence-electron chi connectivity index (χ3n) is 3.68. The van der Waals surface area contributed by atoms with Gasteiger partial charge in [0.15, 0.2) is 0 Å². The highest BCUT2D eigenvalue weighted by Gasteiger charge is 2.17. The third-order valence-corrected chi connectivity index (χ3v) is 4.24. The molecule has 0 bridgehead atoms. The Hall–Kier alpha value is -2.23. The average molecular weight is 360 g/mol. The van der Waals surface area contributed by atoms with E-state index in [0.717, 1.165) is 11.1 Å².